The van der Waals surface area contributed by atoms with Gasteiger partial charge in [0.25, 0.3) is 11.1 Å². The number of rotatable bonds is 2. The number of nitrogens with one attached hydrogen (secondary N) is 1. The van der Waals surface area contributed by atoms with Crippen molar-refractivity contribution in [3.63, 3.8) is 0 Å². The Kier molecular flexibility index (Phi) is 4.63. The molecule has 0 radical (unpaired) electrons. The molecule has 1 aromatic rings. The summed E-state index contributed by atoms with van der Waals surface area (Å²) in [6, 6.07) is 5.03. The molecule has 0 aromatic heterocycles. The molecule has 0 bridgehead atoms. The molecule has 8 heteroatoms. The Morgan fingerprint density at radius 2 is 2.22 bits per heavy atom. The van der Waals surface area contributed by atoms with E-state index in [1.807, 2.05) is 11.0 Å². The van der Waals surface area contributed by atoms with Gasteiger partial charge in [-0.15, -0.1) is 0 Å². The maximum absolute atomic E-state index is 11.7. The first-order valence-electron chi connectivity index (χ1n) is 7.17. The van der Waals surface area contributed by atoms with Crippen LogP contribution in [0.2, 0.25) is 5.02 Å². The maximum Gasteiger partial charge on any atom is 0.290 e. The number of benzene rings is 1. The highest BCUT2D eigenvalue weighted by Crippen LogP contribution is 2.35. The second-order valence-corrected chi connectivity index (χ2v) is 6.92. The van der Waals surface area contributed by atoms with E-state index in [9.17, 15) is 14.7 Å². The van der Waals surface area contributed by atoms with Crippen LogP contribution >= 0.6 is 23.4 Å². The smallest absolute Gasteiger partial charge is 0.290 e. The SMILES string of the molecule is NC1CN(c2c(Cl)cccc2C=C2SC(=O)NC2=O)CCC1O. The average molecular weight is 354 g/mol. The molecule has 2 aliphatic heterocycles. The fourth-order valence-corrected chi connectivity index (χ4v) is 3.69. The number of anilines is 1. The standard InChI is InChI=1S/C15H16ClN3O3S/c16-9-3-1-2-8(6-12-14(21)18-15(22)23-12)13(9)19-5-4-11(20)10(17)7-19/h1-3,6,10-11,20H,4-5,7,17H2,(H,18,21,22). The molecule has 2 saturated heterocycles. The fraction of sp³-hybridized carbons (Fsp3) is 0.333. The Bertz CT molecular complexity index is 695. The number of nitrogens with zero attached hydrogens (tertiary/aromatic N) is 1. The number of amides is 2. The molecular formula is C15H16ClN3O3S. The van der Waals surface area contributed by atoms with Crippen molar-refractivity contribution >= 4 is 46.3 Å². The average Bonchev–Trinajstić information content (AvgIpc) is 2.80. The predicted octanol–water partition coefficient (Wildman–Crippen LogP) is 1.56. The molecular weight excluding hydrogens is 338 g/mol. The summed E-state index contributed by atoms with van der Waals surface area (Å²) >= 11 is 7.21. The van der Waals surface area contributed by atoms with E-state index in [1.165, 1.54) is 0 Å². The van der Waals surface area contributed by atoms with Gasteiger partial charge in [0, 0.05) is 24.7 Å². The van der Waals surface area contributed by atoms with E-state index in [0.29, 0.717) is 29.4 Å². The van der Waals surface area contributed by atoms with Crippen LogP contribution in [0.3, 0.4) is 0 Å². The molecule has 1 aromatic carbocycles. The zero-order chi connectivity index (χ0) is 16.6. The summed E-state index contributed by atoms with van der Waals surface area (Å²) in [6.07, 6.45) is 1.68. The van der Waals surface area contributed by atoms with Gasteiger partial charge in [-0.3, -0.25) is 14.9 Å². The highest BCUT2D eigenvalue weighted by atomic mass is 35.5. The van der Waals surface area contributed by atoms with E-state index in [-0.39, 0.29) is 11.3 Å². The van der Waals surface area contributed by atoms with Crippen LogP contribution in [-0.4, -0.2) is 41.5 Å². The minimum atomic E-state index is -0.524. The molecule has 2 fully saturated rings. The molecule has 2 amide bonds. The number of carbonyl (C=O) groups excluding carboxylic acids is 2. The number of hydrogen-bond donors (Lipinski definition) is 3. The van der Waals surface area contributed by atoms with Crippen molar-refractivity contribution in [2.75, 3.05) is 18.0 Å². The molecule has 0 spiro atoms. The van der Waals surface area contributed by atoms with Crippen LogP contribution in [0.4, 0.5) is 10.5 Å². The normalized spacial score (nSPS) is 26.7. The van der Waals surface area contributed by atoms with Crippen molar-refractivity contribution in [2.45, 2.75) is 18.6 Å². The molecule has 3 rings (SSSR count). The number of thioether (sulfide) groups is 1. The molecule has 0 aliphatic carbocycles. The molecule has 23 heavy (non-hydrogen) atoms. The largest absolute Gasteiger partial charge is 0.391 e. The molecule has 2 heterocycles. The van der Waals surface area contributed by atoms with Gasteiger partial charge < -0.3 is 15.7 Å². The van der Waals surface area contributed by atoms with Crippen LogP contribution in [0, 0.1) is 0 Å². The first-order chi connectivity index (χ1) is 11.0. The maximum atomic E-state index is 11.7. The number of hydrogen-bond acceptors (Lipinski definition) is 6. The van der Waals surface area contributed by atoms with Gasteiger partial charge in [-0.05, 0) is 30.3 Å². The van der Waals surface area contributed by atoms with E-state index in [2.05, 4.69) is 5.32 Å². The summed E-state index contributed by atoms with van der Waals surface area (Å²) in [7, 11) is 0. The molecule has 2 aliphatic rings. The van der Waals surface area contributed by atoms with Gasteiger partial charge in [0.1, 0.15) is 0 Å². The van der Waals surface area contributed by atoms with Gasteiger partial charge in [0.05, 0.1) is 21.7 Å². The molecule has 6 nitrogen and oxygen atoms in total. The van der Waals surface area contributed by atoms with Crippen molar-refractivity contribution in [1.82, 2.24) is 5.32 Å². The van der Waals surface area contributed by atoms with Crippen molar-refractivity contribution < 1.29 is 14.7 Å². The molecule has 122 valence electrons. The van der Waals surface area contributed by atoms with Crippen LogP contribution in [0.25, 0.3) is 6.08 Å². The van der Waals surface area contributed by atoms with Gasteiger partial charge in [-0.1, -0.05) is 23.7 Å². The first-order valence-corrected chi connectivity index (χ1v) is 8.37. The van der Waals surface area contributed by atoms with Gasteiger partial charge in [-0.2, -0.15) is 0 Å². The lowest BCUT2D eigenvalue weighted by Crippen LogP contribution is -2.51. The number of imide groups is 1. The minimum Gasteiger partial charge on any atom is -0.391 e. The lowest BCUT2D eigenvalue weighted by atomic mass is 10.0. The van der Waals surface area contributed by atoms with Crippen molar-refractivity contribution in [1.29, 1.82) is 0 Å². The number of halogens is 1. The van der Waals surface area contributed by atoms with Gasteiger partial charge in [0.2, 0.25) is 0 Å². The third-order valence-electron chi connectivity index (χ3n) is 3.88. The van der Waals surface area contributed by atoms with Crippen molar-refractivity contribution in [3.8, 4) is 0 Å². The van der Waals surface area contributed by atoms with E-state index in [1.54, 1.807) is 18.2 Å². The lowest BCUT2D eigenvalue weighted by molar-refractivity contribution is -0.115. The summed E-state index contributed by atoms with van der Waals surface area (Å²) in [6.45, 7) is 1.09. The molecule has 4 N–H and O–H groups in total. The van der Waals surface area contributed by atoms with E-state index in [0.717, 1.165) is 23.0 Å². The number of piperidine rings is 1. The lowest BCUT2D eigenvalue weighted by Gasteiger charge is -2.37. The van der Waals surface area contributed by atoms with Crippen LogP contribution in [0.1, 0.15) is 12.0 Å². The summed E-state index contributed by atoms with van der Waals surface area (Å²) < 4.78 is 0. The van der Waals surface area contributed by atoms with Gasteiger partial charge >= 0.3 is 0 Å². The van der Waals surface area contributed by atoms with E-state index < -0.39 is 12.0 Å². The minimum absolute atomic E-state index is 0.333. The topological polar surface area (TPSA) is 95.7 Å². The summed E-state index contributed by atoms with van der Waals surface area (Å²) in [5, 5.41) is 12.2. The number of carbonyl (C=O) groups is 2. The Balaban J connectivity index is 1.96. The van der Waals surface area contributed by atoms with Crippen LogP contribution in [0.5, 0.6) is 0 Å². The Morgan fingerprint density at radius 3 is 2.87 bits per heavy atom. The monoisotopic (exact) mass is 353 g/mol. The van der Waals surface area contributed by atoms with E-state index in [4.69, 9.17) is 17.3 Å². The second-order valence-electron chi connectivity index (χ2n) is 5.50. The summed E-state index contributed by atoms with van der Waals surface area (Å²) in [5.74, 6) is -0.406. The quantitative estimate of drug-likeness (QED) is 0.698. The van der Waals surface area contributed by atoms with Gasteiger partial charge in [0.15, 0.2) is 0 Å². The predicted molar refractivity (Wildman–Crippen MR) is 91.4 cm³/mol. The highest BCUT2D eigenvalue weighted by molar-refractivity contribution is 8.18. The van der Waals surface area contributed by atoms with E-state index >= 15 is 0 Å². The highest BCUT2D eigenvalue weighted by Gasteiger charge is 2.29. The summed E-state index contributed by atoms with van der Waals surface area (Å²) in [5.41, 5.74) is 7.45. The molecule has 2 unspecified atom stereocenters. The second kappa shape index (κ2) is 6.52. The Hall–Kier alpha value is -1.54. The van der Waals surface area contributed by atoms with Crippen LogP contribution in [0.15, 0.2) is 23.1 Å². The third kappa shape index (κ3) is 3.37. The van der Waals surface area contributed by atoms with Crippen molar-refractivity contribution in [2.24, 2.45) is 5.73 Å². The fourth-order valence-electron chi connectivity index (χ4n) is 2.72. The first kappa shape index (κ1) is 16.3. The molecule has 0 saturated carbocycles. The third-order valence-corrected chi connectivity index (χ3v) is 5.00. The number of aliphatic hydroxyl groups excluding tert-OH is 1. The van der Waals surface area contributed by atoms with Crippen molar-refractivity contribution in [3.05, 3.63) is 33.7 Å². The van der Waals surface area contributed by atoms with Gasteiger partial charge in [-0.25, -0.2) is 0 Å². The van der Waals surface area contributed by atoms with Crippen LogP contribution in [-0.2, 0) is 4.79 Å². The Labute approximate surface area is 142 Å². The molecule has 2 atom stereocenters. The van der Waals surface area contributed by atoms with Crippen LogP contribution < -0.4 is 16.0 Å². The number of aliphatic hydroxyl groups is 1. The summed E-state index contributed by atoms with van der Waals surface area (Å²) in [4.78, 5) is 25.4. The Morgan fingerprint density at radius 1 is 1.43 bits per heavy atom. The number of nitrogens with two attached hydrogens (primary N) is 1. The zero-order valence-corrected chi connectivity index (χ0v) is 13.7. The zero-order valence-electron chi connectivity index (χ0n) is 12.2. The number of para-hydroxylation sites is 1.